The molecule has 0 aliphatic carbocycles. The average Bonchev–Trinajstić information content (AvgIpc) is 2.62. The van der Waals surface area contributed by atoms with Gasteiger partial charge in [-0.1, -0.05) is 0 Å². The molecule has 2 aliphatic heterocycles. The van der Waals surface area contributed by atoms with Gasteiger partial charge in [-0.25, -0.2) is 0 Å². The second-order valence-electron chi connectivity index (χ2n) is 7.36. The minimum atomic E-state index is -1.07. The molecule has 146 valence electrons. The number of aryl methyl sites for hydroxylation is 2. The highest BCUT2D eigenvalue weighted by molar-refractivity contribution is 7.98. The molecule has 0 saturated heterocycles. The third kappa shape index (κ3) is 4.44. The lowest BCUT2D eigenvalue weighted by Gasteiger charge is -2.35. The summed E-state index contributed by atoms with van der Waals surface area (Å²) in [4.78, 5) is 38.2. The zero-order valence-electron chi connectivity index (χ0n) is 15.6. The van der Waals surface area contributed by atoms with Gasteiger partial charge in [-0.15, -0.1) is 0 Å². The molecule has 1 aromatic carbocycles. The lowest BCUT2D eigenvalue weighted by atomic mass is 9.91. The van der Waals surface area contributed by atoms with Gasteiger partial charge in [0.2, 0.25) is 5.91 Å². The van der Waals surface area contributed by atoms with Crippen molar-refractivity contribution in [3.8, 4) is 0 Å². The zero-order chi connectivity index (χ0) is 19.6. The molecular weight excluding hydrogens is 366 g/mol. The van der Waals surface area contributed by atoms with Crippen LogP contribution in [0.4, 0.5) is 11.4 Å². The van der Waals surface area contributed by atoms with Gasteiger partial charge in [-0.2, -0.15) is 11.8 Å². The highest BCUT2D eigenvalue weighted by Gasteiger charge is 2.30. The summed E-state index contributed by atoms with van der Waals surface area (Å²) in [6, 6.07) is 3.69. The second kappa shape index (κ2) is 7.90. The van der Waals surface area contributed by atoms with Crippen LogP contribution in [-0.2, 0) is 27.2 Å². The largest absolute Gasteiger partial charge is 0.387 e. The molecule has 3 amide bonds. The number of anilines is 2. The molecule has 27 heavy (non-hydrogen) atoms. The molecule has 0 fully saturated rings. The predicted octanol–water partition coefficient (Wildman–Crippen LogP) is 1.08. The van der Waals surface area contributed by atoms with Crippen LogP contribution in [0.3, 0.4) is 0 Å². The van der Waals surface area contributed by atoms with Crippen molar-refractivity contribution in [1.29, 1.82) is 0 Å². The van der Waals surface area contributed by atoms with Crippen LogP contribution in [0.2, 0.25) is 0 Å². The molecule has 0 spiro atoms. The zero-order valence-corrected chi connectivity index (χ0v) is 16.4. The van der Waals surface area contributed by atoms with Crippen molar-refractivity contribution in [2.75, 3.05) is 35.3 Å². The summed E-state index contributed by atoms with van der Waals surface area (Å²) in [6.07, 6.45) is 4.71. The van der Waals surface area contributed by atoms with Crippen molar-refractivity contribution >= 4 is 40.9 Å². The van der Waals surface area contributed by atoms with E-state index in [-0.39, 0.29) is 12.5 Å². The van der Waals surface area contributed by atoms with Crippen LogP contribution < -0.4 is 15.5 Å². The Labute approximate surface area is 162 Å². The Bertz CT molecular complexity index is 761. The summed E-state index contributed by atoms with van der Waals surface area (Å²) in [5.74, 6) is -0.934. The highest BCUT2D eigenvalue weighted by Crippen LogP contribution is 2.37. The summed E-state index contributed by atoms with van der Waals surface area (Å²) >= 11 is 1.46. The fourth-order valence-corrected chi connectivity index (χ4v) is 4.35. The van der Waals surface area contributed by atoms with E-state index in [4.69, 9.17) is 0 Å². The van der Waals surface area contributed by atoms with E-state index in [2.05, 4.69) is 10.6 Å². The second-order valence-corrected chi connectivity index (χ2v) is 8.22. The number of thioether (sulfide) groups is 1. The minimum Gasteiger partial charge on any atom is -0.387 e. The first kappa shape index (κ1) is 19.7. The molecule has 7 nitrogen and oxygen atoms in total. The van der Waals surface area contributed by atoms with Crippen LogP contribution in [0.25, 0.3) is 0 Å². The van der Waals surface area contributed by atoms with E-state index >= 15 is 0 Å². The molecule has 0 radical (unpaired) electrons. The third-order valence-electron chi connectivity index (χ3n) is 4.82. The first-order chi connectivity index (χ1) is 12.8. The van der Waals surface area contributed by atoms with Crippen LogP contribution >= 0.6 is 11.8 Å². The van der Waals surface area contributed by atoms with Gasteiger partial charge in [0.1, 0.15) is 0 Å². The molecule has 0 aromatic heterocycles. The van der Waals surface area contributed by atoms with E-state index in [1.54, 1.807) is 6.92 Å². The van der Waals surface area contributed by atoms with Crippen LogP contribution in [0.5, 0.6) is 0 Å². The van der Waals surface area contributed by atoms with E-state index in [9.17, 15) is 19.5 Å². The topological polar surface area (TPSA) is 98.7 Å². The first-order valence-electron chi connectivity index (χ1n) is 9.07. The highest BCUT2D eigenvalue weighted by atomic mass is 32.2. The van der Waals surface area contributed by atoms with E-state index in [1.807, 2.05) is 23.3 Å². The normalized spacial score (nSPS) is 17.7. The van der Waals surface area contributed by atoms with Crippen molar-refractivity contribution in [2.45, 2.75) is 38.2 Å². The van der Waals surface area contributed by atoms with E-state index < -0.39 is 17.4 Å². The van der Waals surface area contributed by atoms with E-state index in [0.29, 0.717) is 24.3 Å². The summed E-state index contributed by atoms with van der Waals surface area (Å²) in [6.45, 7) is 2.36. The van der Waals surface area contributed by atoms with Crippen molar-refractivity contribution in [3.63, 3.8) is 0 Å². The molecule has 0 bridgehead atoms. The summed E-state index contributed by atoms with van der Waals surface area (Å²) in [5.41, 5.74) is 2.54. The monoisotopic (exact) mass is 391 g/mol. The number of hydrogen-bond donors (Lipinski definition) is 3. The van der Waals surface area contributed by atoms with Crippen molar-refractivity contribution < 1.29 is 19.5 Å². The first-order valence-corrected chi connectivity index (χ1v) is 10.5. The number of aliphatic hydroxyl groups is 1. The number of amides is 3. The van der Waals surface area contributed by atoms with Crippen LogP contribution in [0.1, 0.15) is 30.9 Å². The Kier molecular flexibility index (Phi) is 5.76. The van der Waals surface area contributed by atoms with Gasteiger partial charge in [0.25, 0.3) is 0 Å². The number of nitrogens with one attached hydrogen (secondary N) is 2. The molecule has 3 rings (SSSR count). The van der Waals surface area contributed by atoms with Crippen molar-refractivity contribution in [1.82, 2.24) is 5.32 Å². The number of carbonyl (C=O) groups excluding carboxylic acids is 3. The van der Waals surface area contributed by atoms with Gasteiger partial charge in [-0.3, -0.25) is 14.4 Å². The van der Waals surface area contributed by atoms with Gasteiger partial charge in [-0.05, 0) is 55.7 Å². The summed E-state index contributed by atoms with van der Waals surface area (Å²) < 4.78 is 0. The molecular formula is C19H25N3O4S. The maximum atomic E-state index is 12.2. The van der Waals surface area contributed by atoms with Gasteiger partial charge in [0.15, 0.2) is 0 Å². The molecule has 1 atom stereocenters. The molecule has 2 aliphatic rings. The Morgan fingerprint density at radius 2 is 1.93 bits per heavy atom. The van der Waals surface area contributed by atoms with Crippen molar-refractivity contribution in [3.05, 3.63) is 23.3 Å². The Morgan fingerprint density at radius 1 is 1.22 bits per heavy atom. The lowest BCUT2D eigenvalue weighted by molar-refractivity contribution is -0.136. The maximum absolute atomic E-state index is 12.2. The van der Waals surface area contributed by atoms with Crippen LogP contribution in [-0.4, -0.2) is 53.5 Å². The number of nitrogens with zero attached hydrogens (tertiary/aromatic N) is 1. The summed E-state index contributed by atoms with van der Waals surface area (Å²) in [5, 5.41) is 15.2. The predicted molar refractivity (Wildman–Crippen MR) is 106 cm³/mol. The SMILES string of the molecule is CSCC(C)(O)CNC(=O)C(=O)Nc1cc2c3c(c1)CCC(=O)N3CCC2. The van der Waals surface area contributed by atoms with Gasteiger partial charge < -0.3 is 20.6 Å². The number of carbonyl (C=O) groups is 3. The molecule has 3 N–H and O–H groups in total. The van der Waals surface area contributed by atoms with Gasteiger partial charge >= 0.3 is 11.8 Å². The number of hydrogen-bond acceptors (Lipinski definition) is 5. The lowest BCUT2D eigenvalue weighted by Crippen LogP contribution is -2.46. The quantitative estimate of drug-likeness (QED) is 0.653. The smallest absolute Gasteiger partial charge is 0.313 e. The average molecular weight is 391 g/mol. The summed E-state index contributed by atoms with van der Waals surface area (Å²) in [7, 11) is 0. The van der Waals surface area contributed by atoms with Crippen LogP contribution in [0, 0.1) is 0 Å². The fraction of sp³-hybridized carbons (Fsp3) is 0.526. The Hall–Kier alpha value is -2.06. The fourth-order valence-electron chi connectivity index (χ4n) is 3.63. The van der Waals surface area contributed by atoms with Gasteiger partial charge in [0, 0.05) is 31.0 Å². The molecule has 0 saturated carbocycles. The number of benzene rings is 1. The van der Waals surface area contributed by atoms with Crippen molar-refractivity contribution in [2.24, 2.45) is 0 Å². The standard InChI is InChI=1S/C19H25N3O4S/c1-19(26,11-27-2)10-20-17(24)18(25)21-14-8-12-4-3-7-22-15(23)6-5-13(9-14)16(12)22/h8-9,26H,3-7,10-11H2,1-2H3,(H,20,24)(H,21,25). The Morgan fingerprint density at radius 3 is 2.63 bits per heavy atom. The molecule has 2 heterocycles. The molecule has 8 heteroatoms. The van der Waals surface area contributed by atoms with Crippen LogP contribution in [0.15, 0.2) is 12.1 Å². The number of rotatable bonds is 5. The van der Waals surface area contributed by atoms with Gasteiger partial charge in [0.05, 0.1) is 11.3 Å². The van der Waals surface area contributed by atoms with E-state index in [0.717, 1.165) is 36.2 Å². The molecule has 1 unspecified atom stereocenters. The maximum Gasteiger partial charge on any atom is 0.313 e. The minimum absolute atomic E-state index is 0.00655. The molecule has 1 aromatic rings. The van der Waals surface area contributed by atoms with E-state index in [1.165, 1.54) is 11.8 Å². The third-order valence-corrected chi connectivity index (χ3v) is 5.73. The Balaban J connectivity index is 1.68.